The minimum Gasteiger partial charge on any atom is -0.744 e. The Morgan fingerprint density at radius 2 is 1.05 bits per heavy atom. The lowest BCUT2D eigenvalue weighted by molar-refractivity contribution is 0.460. The first-order chi connectivity index (χ1) is 17.7. The monoisotopic (exact) mass is 626 g/mol. The first kappa shape index (κ1) is 28.2. The van der Waals surface area contributed by atoms with Gasteiger partial charge in [0.25, 0.3) is 0 Å². The summed E-state index contributed by atoms with van der Waals surface area (Å²) in [7, 11) is -10.3. The van der Waals surface area contributed by atoms with Crippen molar-refractivity contribution < 1.29 is 25.9 Å². The summed E-state index contributed by atoms with van der Waals surface area (Å²) in [5, 5.41) is 6.09. The Labute approximate surface area is 237 Å². The second-order valence-electron chi connectivity index (χ2n) is 7.48. The fraction of sp³-hybridized carbons (Fsp3) is 0. The average molecular weight is 627 g/mol. The molecule has 2 aromatic carbocycles. The van der Waals surface area contributed by atoms with Gasteiger partial charge in [-0.25, -0.2) is 26.8 Å². The molecule has 2 aromatic heterocycles. The van der Waals surface area contributed by atoms with Gasteiger partial charge in [-0.05, 0) is 24.3 Å². The molecule has 0 atom stereocenters. The molecular formula is C20H14N6O6S6-2. The molecule has 2 heterocycles. The van der Waals surface area contributed by atoms with Gasteiger partial charge in [-0.3, -0.25) is 0 Å². The van der Waals surface area contributed by atoms with Gasteiger partial charge >= 0.3 is 0 Å². The number of thiol groups is 2. The van der Waals surface area contributed by atoms with Gasteiger partial charge in [0.1, 0.15) is 29.5 Å². The van der Waals surface area contributed by atoms with Crippen LogP contribution in [0.1, 0.15) is 0 Å². The summed E-state index contributed by atoms with van der Waals surface area (Å²) in [5.74, 6) is 0.223. The molecule has 198 valence electrons. The van der Waals surface area contributed by atoms with E-state index in [1.807, 2.05) is 0 Å². The molecule has 0 aliphatic heterocycles. The van der Waals surface area contributed by atoms with Crippen molar-refractivity contribution in [2.24, 2.45) is 0 Å². The standard InChI is InChI=1S/C20H16N6O6S6/c27-37(28,29)13-5-9(21-19-23-15(33)7-16(34)24-19)1-3-11(13)12-4-2-10(6-14(12)38(30,31)32)22-20-25-17(35)8-18(36)26-20/h1-8H,(H,27,28,29)(H,30,31,32)(H3,21,23,24,33,34)(H3,22,25,26,35,36)/p-2. The number of anilines is 4. The molecule has 0 spiro atoms. The Hall–Kier alpha value is -2.84. The summed E-state index contributed by atoms with van der Waals surface area (Å²) in [6.45, 7) is 0. The second kappa shape index (κ2) is 10.7. The first-order valence-corrected chi connectivity index (χ1v) is 14.6. The van der Waals surface area contributed by atoms with Gasteiger partial charge in [0.15, 0.2) is 0 Å². The van der Waals surface area contributed by atoms with Crippen LogP contribution in [0.15, 0.2) is 68.4 Å². The van der Waals surface area contributed by atoms with Crippen molar-refractivity contribution in [3.05, 3.63) is 57.8 Å². The molecule has 12 nitrogen and oxygen atoms in total. The summed E-state index contributed by atoms with van der Waals surface area (Å²) in [6.07, 6.45) is 0. The number of nitrogens with zero attached hydrogens (tertiary/aromatic N) is 2. The van der Waals surface area contributed by atoms with Gasteiger partial charge in [-0.15, -0.1) is 25.3 Å². The molecule has 0 unspecified atom stereocenters. The van der Waals surface area contributed by atoms with E-state index >= 15 is 0 Å². The number of aromatic nitrogens is 4. The molecule has 0 saturated heterocycles. The highest BCUT2D eigenvalue weighted by molar-refractivity contribution is 7.86. The molecule has 38 heavy (non-hydrogen) atoms. The highest BCUT2D eigenvalue weighted by Gasteiger charge is 2.19. The van der Waals surface area contributed by atoms with E-state index in [9.17, 15) is 25.9 Å². The van der Waals surface area contributed by atoms with E-state index < -0.39 is 30.0 Å². The van der Waals surface area contributed by atoms with Gasteiger partial charge in [-0.2, -0.15) is 0 Å². The van der Waals surface area contributed by atoms with E-state index in [0.717, 1.165) is 12.1 Å². The lowest BCUT2D eigenvalue weighted by atomic mass is 10.0. The third kappa shape index (κ3) is 6.77. The average Bonchev–Trinajstić information content (AvgIpc) is 2.76. The highest BCUT2D eigenvalue weighted by Crippen LogP contribution is 2.36. The van der Waals surface area contributed by atoms with Gasteiger partial charge in [0.2, 0.25) is 11.9 Å². The molecule has 4 N–H and O–H groups in total. The van der Waals surface area contributed by atoms with Crippen molar-refractivity contribution in [3.63, 3.8) is 0 Å². The maximum absolute atomic E-state index is 12.2. The van der Waals surface area contributed by atoms with Crippen LogP contribution >= 0.6 is 49.7 Å². The van der Waals surface area contributed by atoms with Gasteiger partial charge in [-0.1, -0.05) is 36.6 Å². The summed E-state index contributed by atoms with van der Waals surface area (Å²) in [4.78, 5) is 12.0. The van der Waals surface area contributed by atoms with E-state index in [4.69, 9.17) is 24.4 Å². The van der Waals surface area contributed by atoms with Crippen LogP contribution < -0.4 is 10.6 Å². The van der Waals surface area contributed by atoms with Gasteiger partial charge in [0, 0.05) is 34.6 Å². The highest BCUT2D eigenvalue weighted by atomic mass is 32.2. The van der Waals surface area contributed by atoms with Crippen LogP contribution in [-0.2, 0) is 20.2 Å². The van der Waals surface area contributed by atoms with E-state index in [-0.39, 0.29) is 53.7 Å². The van der Waals surface area contributed by atoms with Crippen LogP contribution in [0.5, 0.6) is 0 Å². The smallest absolute Gasteiger partial charge is 0.206 e. The Bertz CT molecular complexity index is 1770. The molecule has 0 aliphatic carbocycles. The van der Waals surface area contributed by atoms with Gasteiger partial charge < -0.3 is 29.7 Å². The van der Waals surface area contributed by atoms with Crippen LogP contribution in [0, 0.1) is 9.28 Å². The Morgan fingerprint density at radius 3 is 1.37 bits per heavy atom. The van der Waals surface area contributed by atoms with E-state index in [1.54, 1.807) is 0 Å². The second-order valence-corrected chi connectivity index (χ2v) is 12.0. The summed E-state index contributed by atoms with van der Waals surface area (Å²) in [5.41, 5.74) is -0.383. The summed E-state index contributed by atoms with van der Waals surface area (Å²) in [6, 6.07) is 10.0. The zero-order chi connectivity index (χ0) is 27.8. The molecule has 0 radical (unpaired) electrons. The van der Waals surface area contributed by atoms with E-state index in [1.165, 1.54) is 36.4 Å². The quantitative estimate of drug-likeness (QED) is 0.0744. The number of aromatic amines is 2. The molecule has 0 bridgehead atoms. The topological polar surface area (TPSA) is 196 Å². The minimum atomic E-state index is -5.15. The third-order valence-corrected chi connectivity index (χ3v) is 7.42. The minimum absolute atomic E-state index is 0.109. The lowest BCUT2D eigenvalue weighted by Crippen LogP contribution is -2.07. The van der Waals surface area contributed by atoms with Crippen molar-refractivity contribution in [2.75, 3.05) is 10.6 Å². The molecule has 0 aliphatic rings. The van der Waals surface area contributed by atoms with Crippen LogP contribution in [0.3, 0.4) is 0 Å². The normalized spacial score (nSPS) is 11.8. The van der Waals surface area contributed by atoms with Crippen LogP contribution in [0.2, 0.25) is 0 Å². The number of hydrogen-bond donors (Lipinski definition) is 6. The zero-order valence-electron chi connectivity index (χ0n) is 18.5. The number of H-pyrrole nitrogens is 2. The van der Waals surface area contributed by atoms with Crippen LogP contribution in [0.25, 0.3) is 11.1 Å². The third-order valence-electron chi connectivity index (χ3n) is 4.77. The summed E-state index contributed by atoms with van der Waals surface area (Å²) < 4.78 is 73.6. The number of hydrogen-bond acceptors (Lipinski definition) is 14. The predicted molar refractivity (Wildman–Crippen MR) is 148 cm³/mol. The predicted octanol–water partition coefficient (Wildman–Crippen LogP) is 4.13. The number of rotatable bonds is 7. The van der Waals surface area contributed by atoms with Crippen molar-refractivity contribution >= 4 is 93.2 Å². The molecule has 0 fully saturated rings. The molecule has 0 amide bonds. The van der Waals surface area contributed by atoms with Crippen molar-refractivity contribution in [2.45, 2.75) is 19.8 Å². The Kier molecular flexibility index (Phi) is 7.96. The summed E-state index contributed by atoms with van der Waals surface area (Å²) >= 11 is 18.3. The Balaban J connectivity index is 1.82. The first-order valence-electron chi connectivity index (χ1n) is 10.0. The van der Waals surface area contributed by atoms with Crippen molar-refractivity contribution in [1.82, 2.24) is 19.9 Å². The van der Waals surface area contributed by atoms with Gasteiger partial charge in [0.05, 0.1) is 19.8 Å². The fourth-order valence-corrected chi connectivity index (χ4v) is 5.83. The fourth-order valence-electron chi connectivity index (χ4n) is 3.34. The van der Waals surface area contributed by atoms with E-state index in [0.29, 0.717) is 0 Å². The molecule has 4 rings (SSSR count). The van der Waals surface area contributed by atoms with Crippen molar-refractivity contribution in [3.8, 4) is 11.1 Å². The SMILES string of the molecule is O=S(=O)([O-])c1cc(Nc2nc(S)cc(=S)[nH]2)ccc1-c1ccc(Nc2nc(S)cc(=S)[nH]2)cc1S(=O)(=O)[O-]. The van der Waals surface area contributed by atoms with E-state index in [2.05, 4.69) is 55.8 Å². The maximum atomic E-state index is 12.2. The van der Waals surface area contributed by atoms with Crippen LogP contribution in [-0.4, -0.2) is 45.9 Å². The maximum Gasteiger partial charge on any atom is 0.206 e. The van der Waals surface area contributed by atoms with Crippen molar-refractivity contribution in [1.29, 1.82) is 0 Å². The Morgan fingerprint density at radius 1 is 0.684 bits per heavy atom. The number of benzene rings is 2. The number of nitrogens with one attached hydrogen (secondary N) is 4. The largest absolute Gasteiger partial charge is 0.744 e. The molecule has 4 aromatic rings. The molecule has 18 heteroatoms. The lowest BCUT2D eigenvalue weighted by Gasteiger charge is -2.20. The zero-order valence-corrected chi connectivity index (χ0v) is 23.5. The molecular weight excluding hydrogens is 613 g/mol. The molecule has 0 saturated carbocycles. The van der Waals surface area contributed by atoms with Crippen LogP contribution in [0.4, 0.5) is 23.3 Å².